The summed E-state index contributed by atoms with van der Waals surface area (Å²) in [5.74, 6) is -10.1. The van der Waals surface area contributed by atoms with Crippen molar-refractivity contribution < 1.29 is 63.9 Å². The molecule has 13 N–H and O–H groups in total. The summed E-state index contributed by atoms with van der Waals surface area (Å²) in [5, 5.41) is 63.1. The second kappa shape index (κ2) is 17.7. The molecule has 49 heavy (non-hydrogen) atoms. The van der Waals surface area contributed by atoms with Crippen LogP contribution in [0.2, 0.25) is 0 Å². The molecule has 1 saturated heterocycles. The number of aliphatic hydroxyl groups excluding tert-OH is 3. The number of carboxylic acids is 1. The number of aliphatic carboxylic acids is 1. The molecular formula is C29H41N7O13. The summed E-state index contributed by atoms with van der Waals surface area (Å²) >= 11 is 0. The zero-order valence-corrected chi connectivity index (χ0v) is 26.7. The van der Waals surface area contributed by atoms with Gasteiger partial charge in [0, 0.05) is 6.42 Å². The molecule has 20 heteroatoms. The van der Waals surface area contributed by atoms with Crippen molar-refractivity contribution in [2.45, 2.75) is 94.6 Å². The fourth-order valence-electron chi connectivity index (χ4n) is 4.61. The van der Waals surface area contributed by atoms with Gasteiger partial charge in [0.25, 0.3) is 0 Å². The maximum Gasteiger partial charge on any atom is 0.326 e. The number of carbonyl (C=O) groups excluding carboxylic acids is 7. The fraction of sp³-hybridized carbons (Fsp3) is 0.517. The number of nitrogens with one attached hydrogen (secondary N) is 6. The minimum absolute atomic E-state index is 0.131. The zero-order chi connectivity index (χ0) is 37.2. The maximum absolute atomic E-state index is 13.5. The molecule has 9 atom stereocenters. The number of rotatable bonds is 8. The Bertz CT molecular complexity index is 1420. The highest BCUT2D eigenvalue weighted by Crippen LogP contribution is 2.13. The average Bonchev–Trinajstić information content (AvgIpc) is 2.99. The van der Waals surface area contributed by atoms with Crippen LogP contribution in [-0.4, -0.2) is 127 Å². The highest BCUT2D eigenvalue weighted by molar-refractivity contribution is 5.99. The van der Waals surface area contributed by atoms with Crippen LogP contribution in [-0.2, 0) is 44.8 Å². The number of nitrogens with two attached hydrogens (primary N) is 1. The van der Waals surface area contributed by atoms with Gasteiger partial charge in [0.15, 0.2) is 0 Å². The van der Waals surface area contributed by atoms with Gasteiger partial charge in [-0.05, 0) is 38.5 Å². The zero-order valence-electron chi connectivity index (χ0n) is 26.7. The summed E-state index contributed by atoms with van der Waals surface area (Å²) in [6, 6.07) is -5.61. The molecule has 2 rings (SSSR count). The van der Waals surface area contributed by atoms with E-state index in [0.29, 0.717) is 5.56 Å². The van der Waals surface area contributed by atoms with Gasteiger partial charge in [0.1, 0.15) is 42.0 Å². The van der Waals surface area contributed by atoms with Crippen molar-refractivity contribution in [3.05, 3.63) is 29.8 Å². The van der Waals surface area contributed by atoms with Crippen molar-refractivity contribution >= 4 is 47.3 Å². The van der Waals surface area contributed by atoms with Gasteiger partial charge < -0.3 is 63.2 Å². The Morgan fingerprint density at radius 2 is 1.12 bits per heavy atom. The van der Waals surface area contributed by atoms with Crippen LogP contribution in [0.25, 0.3) is 0 Å². The van der Waals surface area contributed by atoms with Crippen LogP contribution in [0, 0.1) is 0 Å². The van der Waals surface area contributed by atoms with Crippen molar-refractivity contribution in [1.82, 2.24) is 31.9 Å². The van der Waals surface area contributed by atoms with Crippen molar-refractivity contribution in [3.63, 3.8) is 0 Å². The molecule has 1 aliphatic rings. The van der Waals surface area contributed by atoms with Crippen molar-refractivity contribution in [1.29, 1.82) is 0 Å². The van der Waals surface area contributed by atoms with E-state index in [0.717, 1.165) is 20.8 Å². The molecule has 1 heterocycles. The average molecular weight is 696 g/mol. The van der Waals surface area contributed by atoms with Crippen LogP contribution in [0.15, 0.2) is 24.3 Å². The number of hydrogen-bond donors (Lipinski definition) is 12. The largest absolute Gasteiger partial charge is 0.508 e. The first-order chi connectivity index (χ1) is 22.8. The van der Waals surface area contributed by atoms with Gasteiger partial charge in [-0.2, -0.15) is 0 Å². The molecule has 0 radical (unpaired) electrons. The third-order valence-electron chi connectivity index (χ3n) is 7.26. The Morgan fingerprint density at radius 3 is 1.61 bits per heavy atom. The Hall–Kier alpha value is -5.34. The highest BCUT2D eigenvalue weighted by Gasteiger charge is 2.38. The number of aliphatic hydroxyl groups is 3. The van der Waals surface area contributed by atoms with Gasteiger partial charge in [-0.15, -0.1) is 0 Å². The molecule has 0 saturated carbocycles. The number of phenols is 1. The molecule has 1 aromatic rings. The smallest absolute Gasteiger partial charge is 0.326 e. The number of carboxylic acid groups (broad SMARTS) is 1. The third kappa shape index (κ3) is 12.0. The number of aromatic hydroxyl groups is 1. The van der Waals surface area contributed by atoms with E-state index in [1.807, 2.05) is 5.32 Å². The van der Waals surface area contributed by atoms with Crippen molar-refractivity contribution in [2.75, 3.05) is 0 Å². The van der Waals surface area contributed by atoms with E-state index in [9.17, 15) is 63.9 Å². The second-order valence-corrected chi connectivity index (χ2v) is 11.5. The molecule has 7 amide bonds. The number of phenolic OH excluding ortho intramolecular Hbond substituents is 1. The van der Waals surface area contributed by atoms with Gasteiger partial charge in [-0.3, -0.25) is 33.6 Å². The predicted octanol–water partition coefficient (Wildman–Crippen LogP) is -5.65. The van der Waals surface area contributed by atoms with E-state index in [2.05, 4.69) is 26.6 Å². The van der Waals surface area contributed by atoms with E-state index in [-0.39, 0.29) is 12.2 Å². The van der Waals surface area contributed by atoms with Crippen LogP contribution < -0.4 is 37.6 Å². The van der Waals surface area contributed by atoms with Gasteiger partial charge in [-0.25, -0.2) is 4.79 Å². The van der Waals surface area contributed by atoms with Gasteiger partial charge in [-0.1, -0.05) is 12.1 Å². The summed E-state index contributed by atoms with van der Waals surface area (Å²) in [6.07, 6.45) is -7.16. The number of carbonyl (C=O) groups is 8. The van der Waals surface area contributed by atoms with Crippen molar-refractivity contribution in [2.24, 2.45) is 5.73 Å². The first-order valence-corrected chi connectivity index (χ1v) is 14.9. The Labute approximate surface area is 279 Å². The van der Waals surface area contributed by atoms with Crippen LogP contribution in [0.3, 0.4) is 0 Å². The van der Waals surface area contributed by atoms with E-state index < -0.39 is 115 Å². The lowest BCUT2D eigenvalue weighted by Gasteiger charge is -2.28. The standard InChI is InChI=1S/C29H41N7O13/c1-11(37)21-28(47)36-23(13(3)39)26(45)32-17(9-19(30)41)24(43)31-16(8-14-4-6-15(40)7-5-14)25(44)35-22(12(2)38)27(46)33-18(29(48)49)10-20(42)34-21/h4-7,11-13,16-18,21-23,37-40H,8-10H2,1-3H3,(H2,30,41)(H,31,43)(H,32,45)(H,33,46)(H,34,42)(H,35,44)(H,36,47)(H,48,49)/t11-,12-,13-,16+,17+,18-,21+,22?,23?/m1/s1. The fourth-order valence-corrected chi connectivity index (χ4v) is 4.61. The van der Waals surface area contributed by atoms with E-state index >= 15 is 0 Å². The van der Waals surface area contributed by atoms with Gasteiger partial charge in [0.05, 0.1) is 31.2 Å². The molecule has 0 aliphatic carbocycles. The van der Waals surface area contributed by atoms with E-state index in [1.54, 1.807) is 0 Å². The lowest BCUT2D eigenvalue weighted by atomic mass is 10.0. The second-order valence-electron chi connectivity index (χ2n) is 11.5. The Kier molecular flexibility index (Phi) is 14.4. The monoisotopic (exact) mass is 695 g/mol. The molecule has 0 bridgehead atoms. The van der Waals surface area contributed by atoms with Crippen LogP contribution in [0.5, 0.6) is 5.75 Å². The molecular weight excluding hydrogens is 654 g/mol. The van der Waals surface area contributed by atoms with E-state index in [1.165, 1.54) is 24.3 Å². The topological polar surface area (TPSA) is 336 Å². The summed E-state index contributed by atoms with van der Waals surface area (Å²) < 4.78 is 0. The van der Waals surface area contributed by atoms with E-state index in [4.69, 9.17) is 5.73 Å². The SMILES string of the molecule is C[C@@H](O)C1NC(=O)[C@H](Cc2ccc(O)cc2)NC(=O)[C@H](CC(N)=O)NC(=O)C([C@@H](C)O)NC(=O)[C@H]([C@@H](C)O)NC(=O)C[C@H](C(=O)O)NC1=O. The molecule has 1 aliphatic heterocycles. The number of primary amides is 1. The highest BCUT2D eigenvalue weighted by atomic mass is 16.4. The predicted molar refractivity (Wildman–Crippen MR) is 165 cm³/mol. The van der Waals surface area contributed by atoms with Crippen LogP contribution >= 0.6 is 0 Å². The summed E-state index contributed by atoms with van der Waals surface area (Å²) in [4.78, 5) is 103. The lowest BCUT2D eigenvalue weighted by molar-refractivity contribution is -0.145. The summed E-state index contributed by atoms with van der Waals surface area (Å²) in [7, 11) is 0. The van der Waals surface area contributed by atoms with Crippen LogP contribution in [0.1, 0.15) is 39.2 Å². The summed E-state index contributed by atoms with van der Waals surface area (Å²) in [6.45, 7) is 3.24. The van der Waals surface area contributed by atoms with Gasteiger partial charge in [0.2, 0.25) is 41.4 Å². The first-order valence-electron chi connectivity index (χ1n) is 14.9. The molecule has 20 nitrogen and oxygen atoms in total. The maximum atomic E-state index is 13.5. The molecule has 0 aromatic heterocycles. The minimum atomic E-state index is -1.98. The van der Waals surface area contributed by atoms with Crippen LogP contribution in [0.4, 0.5) is 0 Å². The number of hydrogen-bond acceptors (Lipinski definition) is 12. The quantitative estimate of drug-likeness (QED) is 0.121. The molecule has 1 aromatic carbocycles. The molecule has 0 spiro atoms. The third-order valence-corrected chi connectivity index (χ3v) is 7.26. The number of amides is 7. The summed E-state index contributed by atoms with van der Waals surface area (Å²) in [5.41, 5.74) is 5.64. The Balaban J connectivity index is 2.65. The minimum Gasteiger partial charge on any atom is -0.508 e. The molecule has 270 valence electrons. The first kappa shape index (κ1) is 39.8. The number of benzene rings is 1. The van der Waals surface area contributed by atoms with Gasteiger partial charge >= 0.3 is 5.97 Å². The normalized spacial score (nSPS) is 26.8. The lowest BCUT2D eigenvalue weighted by Crippen LogP contribution is -2.62. The molecule has 1 fully saturated rings. The Morgan fingerprint density at radius 1 is 0.694 bits per heavy atom. The molecule has 2 unspecified atom stereocenters. The van der Waals surface area contributed by atoms with Crippen molar-refractivity contribution in [3.8, 4) is 5.75 Å².